The van der Waals surface area contributed by atoms with Crippen molar-refractivity contribution in [3.05, 3.63) is 0 Å². The number of nitrogens with one attached hydrogen (secondary N) is 1. The molecule has 3 fully saturated rings. The second-order valence-corrected chi connectivity index (χ2v) is 7.57. The first-order valence-corrected chi connectivity index (χ1v) is 9.50. The van der Waals surface area contributed by atoms with Crippen molar-refractivity contribution < 1.29 is 9.59 Å². The number of nitrogens with zero attached hydrogens (tertiary/aromatic N) is 1. The van der Waals surface area contributed by atoms with Crippen LogP contribution in [0.4, 0.5) is 0 Å². The van der Waals surface area contributed by atoms with Gasteiger partial charge in [0.1, 0.15) is 0 Å². The van der Waals surface area contributed by atoms with Crippen LogP contribution in [-0.2, 0) is 9.59 Å². The zero-order chi connectivity index (χ0) is 16.2. The zero-order valence-corrected chi connectivity index (χ0v) is 14.1. The van der Waals surface area contributed by atoms with Gasteiger partial charge in [-0.3, -0.25) is 9.59 Å². The number of nitrogens with two attached hydrogens (primary N) is 1. The van der Waals surface area contributed by atoms with Gasteiger partial charge in [-0.2, -0.15) is 0 Å². The molecule has 3 aliphatic rings. The fourth-order valence-corrected chi connectivity index (χ4v) is 4.71. The van der Waals surface area contributed by atoms with Crippen molar-refractivity contribution in [2.45, 2.75) is 63.8 Å². The Labute approximate surface area is 139 Å². The highest BCUT2D eigenvalue weighted by atomic mass is 16.2. The van der Waals surface area contributed by atoms with Crippen molar-refractivity contribution in [3.8, 4) is 0 Å². The Morgan fingerprint density at radius 3 is 2.30 bits per heavy atom. The van der Waals surface area contributed by atoms with E-state index in [1.54, 1.807) is 0 Å². The molecule has 130 valence electrons. The van der Waals surface area contributed by atoms with E-state index >= 15 is 0 Å². The maximum Gasteiger partial charge on any atom is 0.226 e. The van der Waals surface area contributed by atoms with Crippen LogP contribution in [0.15, 0.2) is 0 Å². The number of likely N-dealkylation sites (tertiary alicyclic amines) is 1. The minimum atomic E-state index is -0.129. The van der Waals surface area contributed by atoms with Gasteiger partial charge >= 0.3 is 0 Å². The van der Waals surface area contributed by atoms with Crippen molar-refractivity contribution in [2.24, 2.45) is 23.5 Å². The van der Waals surface area contributed by atoms with Gasteiger partial charge in [-0.15, -0.1) is 0 Å². The van der Waals surface area contributed by atoms with Crippen LogP contribution in [0.25, 0.3) is 0 Å². The summed E-state index contributed by atoms with van der Waals surface area (Å²) in [5.74, 6) is 0.516. The predicted molar refractivity (Wildman–Crippen MR) is 89.6 cm³/mol. The molecule has 2 saturated carbocycles. The summed E-state index contributed by atoms with van der Waals surface area (Å²) in [5.41, 5.74) is 5.82. The number of hydrogen-bond acceptors (Lipinski definition) is 3. The van der Waals surface area contributed by atoms with Gasteiger partial charge in [-0.05, 0) is 51.0 Å². The van der Waals surface area contributed by atoms with Gasteiger partial charge in [-0.1, -0.05) is 19.3 Å². The standard InChI is InChI=1S/C18H31N3O2/c19-12-13-6-5-9-16(13)20-17(22)14-7-1-2-8-15(14)18(23)21-10-3-4-11-21/h13-16H,1-12,19H2,(H,20,22). The molecule has 0 spiro atoms. The zero-order valence-electron chi connectivity index (χ0n) is 14.1. The van der Waals surface area contributed by atoms with E-state index in [4.69, 9.17) is 5.73 Å². The molecule has 5 nitrogen and oxygen atoms in total. The molecule has 23 heavy (non-hydrogen) atoms. The number of rotatable bonds is 4. The van der Waals surface area contributed by atoms with Crippen molar-refractivity contribution in [1.82, 2.24) is 10.2 Å². The smallest absolute Gasteiger partial charge is 0.226 e. The van der Waals surface area contributed by atoms with Crippen LogP contribution in [-0.4, -0.2) is 42.4 Å². The summed E-state index contributed by atoms with van der Waals surface area (Å²) < 4.78 is 0. The lowest BCUT2D eigenvalue weighted by atomic mass is 9.77. The van der Waals surface area contributed by atoms with Gasteiger partial charge in [0.25, 0.3) is 0 Å². The summed E-state index contributed by atoms with van der Waals surface area (Å²) in [7, 11) is 0. The van der Waals surface area contributed by atoms with Gasteiger partial charge in [0, 0.05) is 31.0 Å². The maximum atomic E-state index is 12.8. The molecule has 0 radical (unpaired) electrons. The highest BCUT2D eigenvalue weighted by molar-refractivity contribution is 5.88. The third-order valence-electron chi connectivity index (χ3n) is 6.13. The summed E-state index contributed by atoms with van der Waals surface area (Å²) in [6, 6.07) is 0.219. The lowest BCUT2D eigenvalue weighted by molar-refractivity contribution is -0.143. The van der Waals surface area contributed by atoms with E-state index in [1.165, 1.54) is 0 Å². The molecule has 1 saturated heterocycles. The van der Waals surface area contributed by atoms with Crippen molar-refractivity contribution in [1.29, 1.82) is 0 Å². The molecule has 0 aromatic heterocycles. The summed E-state index contributed by atoms with van der Waals surface area (Å²) in [6.45, 7) is 2.40. The minimum Gasteiger partial charge on any atom is -0.353 e. The lowest BCUT2D eigenvalue weighted by Crippen LogP contribution is -2.48. The van der Waals surface area contributed by atoms with E-state index in [1.807, 2.05) is 4.90 Å². The van der Waals surface area contributed by atoms with E-state index in [2.05, 4.69) is 5.32 Å². The normalized spacial score (nSPS) is 34.6. The quantitative estimate of drug-likeness (QED) is 0.827. The first-order chi connectivity index (χ1) is 11.2. The molecule has 4 unspecified atom stereocenters. The van der Waals surface area contributed by atoms with Crippen LogP contribution in [0.3, 0.4) is 0 Å². The Morgan fingerprint density at radius 1 is 0.913 bits per heavy atom. The minimum absolute atomic E-state index is 0.0976. The molecule has 1 heterocycles. The number of hydrogen-bond donors (Lipinski definition) is 2. The molecule has 4 atom stereocenters. The average molecular weight is 321 g/mol. The summed E-state index contributed by atoms with van der Waals surface area (Å²) in [4.78, 5) is 27.6. The first-order valence-electron chi connectivity index (χ1n) is 9.50. The summed E-state index contributed by atoms with van der Waals surface area (Å²) >= 11 is 0. The average Bonchev–Trinajstić information content (AvgIpc) is 3.25. The number of carbonyl (C=O) groups excluding carboxylic acids is 2. The molecule has 0 aromatic rings. The van der Waals surface area contributed by atoms with E-state index in [0.29, 0.717) is 12.5 Å². The van der Waals surface area contributed by atoms with Crippen molar-refractivity contribution in [3.63, 3.8) is 0 Å². The Balaban J connectivity index is 1.63. The fraction of sp³-hybridized carbons (Fsp3) is 0.889. The van der Waals surface area contributed by atoms with Crippen molar-refractivity contribution >= 4 is 11.8 Å². The molecular weight excluding hydrogens is 290 g/mol. The SMILES string of the molecule is NCC1CCCC1NC(=O)C1CCCCC1C(=O)N1CCCC1. The second kappa shape index (κ2) is 7.65. The highest BCUT2D eigenvalue weighted by Crippen LogP contribution is 2.33. The molecule has 5 heteroatoms. The van der Waals surface area contributed by atoms with Gasteiger partial charge < -0.3 is 16.0 Å². The Morgan fingerprint density at radius 2 is 1.61 bits per heavy atom. The van der Waals surface area contributed by atoms with Gasteiger partial charge in [0.2, 0.25) is 11.8 Å². The number of carbonyl (C=O) groups is 2. The van der Waals surface area contributed by atoms with E-state index in [9.17, 15) is 9.59 Å². The Bertz CT molecular complexity index is 434. The van der Waals surface area contributed by atoms with E-state index in [-0.39, 0.29) is 29.7 Å². The first kappa shape index (κ1) is 16.7. The molecule has 0 aromatic carbocycles. The van der Waals surface area contributed by atoms with Crippen LogP contribution < -0.4 is 11.1 Å². The fourth-order valence-electron chi connectivity index (χ4n) is 4.71. The monoisotopic (exact) mass is 321 g/mol. The van der Waals surface area contributed by atoms with Crippen LogP contribution in [0.5, 0.6) is 0 Å². The van der Waals surface area contributed by atoms with Crippen LogP contribution in [0, 0.1) is 17.8 Å². The highest BCUT2D eigenvalue weighted by Gasteiger charge is 2.39. The van der Waals surface area contributed by atoms with E-state index < -0.39 is 0 Å². The second-order valence-electron chi connectivity index (χ2n) is 7.57. The van der Waals surface area contributed by atoms with Crippen LogP contribution in [0.1, 0.15) is 57.8 Å². The van der Waals surface area contributed by atoms with Crippen LogP contribution >= 0.6 is 0 Å². The molecule has 2 amide bonds. The predicted octanol–water partition coefficient (Wildman–Crippen LogP) is 1.66. The molecule has 2 aliphatic carbocycles. The number of amides is 2. The Kier molecular flexibility index (Phi) is 5.57. The third-order valence-corrected chi connectivity index (χ3v) is 6.13. The molecule has 3 N–H and O–H groups in total. The summed E-state index contributed by atoms with van der Waals surface area (Å²) in [5, 5.41) is 3.24. The van der Waals surface area contributed by atoms with Gasteiger partial charge in [0.05, 0.1) is 0 Å². The molecule has 3 rings (SSSR count). The summed E-state index contributed by atoms with van der Waals surface area (Å²) in [6.07, 6.45) is 9.37. The van der Waals surface area contributed by atoms with E-state index in [0.717, 1.165) is 70.9 Å². The van der Waals surface area contributed by atoms with Gasteiger partial charge in [0.15, 0.2) is 0 Å². The lowest BCUT2D eigenvalue weighted by Gasteiger charge is -2.33. The molecule has 1 aliphatic heterocycles. The molecular formula is C18H31N3O2. The topological polar surface area (TPSA) is 75.4 Å². The van der Waals surface area contributed by atoms with Crippen LogP contribution in [0.2, 0.25) is 0 Å². The molecule has 0 bridgehead atoms. The Hall–Kier alpha value is -1.10. The van der Waals surface area contributed by atoms with Gasteiger partial charge in [-0.25, -0.2) is 0 Å². The largest absolute Gasteiger partial charge is 0.353 e. The van der Waals surface area contributed by atoms with Crippen molar-refractivity contribution in [2.75, 3.05) is 19.6 Å². The third kappa shape index (κ3) is 3.70. The maximum absolute atomic E-state index is 12.8.